The third kappa shape index (κ3) is 4.40. The van der Waals surface area contributed by atoms with Crippen LogP contribution in [0.15, 0.2) is 54.6 Å². The van der Waals surface area contributed by atoms with Gasteiger partial charge in [-0.05, 0) is 42.7 Å². The predicted octanol–water partition coefficient (Wildman–Crippen LogP) is 3.30. The second-order valence-corrected chi connectivity index (χ2v) is 6.79. The highest BCUT2D eigenvalue weighted by Gasteiger charge is 2.49. The van der Waals surface area contributed by atoms with Gasteiger partial charge in [-0.3, -0.25) is 9.59 Å². The number of rotatable bonds is 6. The lowest BCUT2D eigenvalue weighted by Gasteiger charge is -2.17. The minimum Gasteiger partial charge on any atom is -0.356 e. The van der Waals surface area contributed by atoms with Crippen LogP contribution in [0.2, 0.25) is 5.02 Å². The first kappa shape index (κ1) is 17.5. The molecule has 2 amide bonds. The van der Waals surface area contributed by atoms with Crippen molar-refractivity contribution < 1.29 is 9.59 Å². The van der Waals surface area contributed by atoms with E-state index in [4.69, 9.17) is 11.6 Å². The van der Waals surface area contributed by atoms with Gasteiger partial charge < -0.3 is 10.2 Å². The van der Waals surface area contributed by atoms with Gasteiger partial charge in [0.2, 0.25) is 11.8 Å². The van der Waals surface area contributed by atoms with Gasteiger partial charge in [-0.15, -0.1) is 0 Å². The van der Waals surface area contributed by atoms with Crippen molar-refractivity contribution in [3.8, 4) is 0 Å². The minimum atomic E-state index is -0.208. The van der Waals surface area contributed by atoms with Gasteiger partial charge in [0.15, 0.2) is 0 Å². The average Bonchev–Trinajstić information content (AvgIpc) is 3.43. The summed E-state index contributed by atoms with van der Waals surface area (Å²) >= 11 is 5.86. The number of hydrogen-bond acceptors (Lipinski definition) is 2. The molecule has 0 saturated heterocycles. The summed E-state index contributed by atoms with van der Waals surface area (Å²) in [6.07, 6.45) is 1.38. The van der Waals surface area contributed by atoms with Gasteiger partial charge in [-0.2, -0.15) is 0 Å². The summed E-state index contributed by atoms with van der Waals surface area (Å²) < 4.78 is 0. The number of amides is 2. The Hall–Kier alpha value is -2.33. The van der Waals surface area contributed by atoms with Crippen molar-refractivity contribution in [3.63, 3.8) is 0 Å². The van der Waals surface area contributed by atoms with Gasteiger partial charge in [-0.25, -0.2) is 0 Å². The van der Waals surface area contributed by atoms with Crippen molar-refractivity contribution in [3.05, 3.63) is 65.2 Å². The third-order valence-electron chi connectivity index (χ3n) is 4.54. The molecule has 0 bridgehead atoms. The maximum atomic E-state index is 12.5. The molecule has 2 aromatic rings. The van der Waals surface area contributed by atoms with Gasteiger partial charge >= 0.3 is 0 Å². The van der Waals surface area contributed by atoms with Crippen molar-refractivity contribution in [1.29, 1.82) is 0 Å². The van der Waals surface area contributed by atoms with Gasteiger partial charge in [0.25, 0.3) is 0 Å². The van der Waals surface area contributed by atoms with E-state index in [2.05, 4.69) is 5.32 Å². The molecular weight excluding hydrogens is 336 g/mol. The number of carbonyl (C=O) groups is 2. The van der Waals surface area contributed by atoms with E-state index in [-0.39, 0.29) is 23.7 Å². The third-order valence-corrected chi connectivity index (χ3v) is 4.80. The summed E-state index contributed by atoms with van der Waals surface area (Å²) in [6.45, 7) is 0.562. The van der Waals surface area contributed by atoms with E-state index in [1.165, 1.54) is 0 Å². The highest BCUT2D eigenvalue weighted by Crippen LogP contribution is 2.40. The number of benzene rings is 2. The first-order chi connectivity index (χ1) is 12.1. The van der Waals surface area contributed by atoms with Crippen LogP contribution in [0.1, 0.15) is 12.0 Å². The molecular formula is C20H21ClN2O2. The normalized spacial score (nSPS) is 18.5. The molecule has 25 heavy (non-hydrogen) atoms. The molecule has 0 spiro atoms. The zero-order valence-corrected chi connectivity index (χ0v) is 14.9. The molecule has 1 fully saturated rings. The Bertz CT molecular complexity index is 746. The Morgan fingerprint density at radius 1 is 1.08 bits per heavy atom. The van der Waals surface area contributed by atoms with E-state index in [9.17, 15) is 9.59 Å². The van der Waals surface area contributed by atoms with Crippen LogP contribution >= 0.6 is 11.6 Å². The molecule has 2 aromatic carbocycles. The lowest BCUT2D eigenvalue weighted by molar-refractivity contribution is -0.125. The molecule has 0 heterocycles. The lowest BCUT2D eigenvalue weighted by atomic mass is 10.1. The van der Waals surface area contributed by atoms with Crippen LogP contribution in [-0.4, -0.2) is 25.4 Å². The lowest BCUT2D eigenvalue weighted by Crippen LogP contribution is -2.32. The zero-order valence-electron chi connectivity index (χ0n) is 14.1. The molecule has 0 aromatic heterocycles. The van der Waals surface area contributed by atoms with Crippen LogP contribution in [0.4, 0.5) is 5.69 Å². The molecule has 130 valence electrons. The summed E-state index contributed by atoms with van der Waals surface area (Å²) in [4.78, 5) is 26.3. The van der Waals surface area contributed by atoms with Crippen LogP contribution in [0.3, 0.4) is 0 Å². The van der Waals surface area contributed by atoms with E-state index >= 15 is 0 Å². The van der Waals surface area contributed by atoms with E-state index in [0.29, 0.717) is 18.0 Å². The summed E-state index contributed by atoms with van der Waals surface area (Å²) in [5.74, 6) is -0.442. The largest absolute Gasteiger partial charge is 0.356 e. The standard InChI is InChI=1S/C20H21ClN2O2/c1-23(16-5-3-2-4-6-16)20(25)18-13-17(18)19(24)22-12-11-14-7-9-15(21)10-8-14/h2-10,17-18H,11-13H2,1H3,(H,22,24). The summed E-state index contributed by atoms with van der Waals surface area (Å²) in [7, 11) is 1.76. The fourth-order valence-corrected chi connectivity index (χ4v) is 3.02. The van der Waals surface area contributed by atoms with Crippen molar-refractivity contribution in [2.75, 3.05) is 18.5 Å². The molecule has 1 N–H and O–H groups in total. The molecule has 4 nitrogen and oxygen atoms in total. The highest BCUT2D eigenvalue weighted by atomic mass is 35.5. The van der Waals surface area contributed by atoms with Gasteiger partial charge in [0, 0.05) is 24.3 Å². The quantitative estimate of drug-likeness (QED) is 0.863. The summed E-state index contributed by atoms with van der Waals surface area (Å²) in [5.41, 5.74) is 1.97. The molecule has 5 heteroatoms. The van der Waals surface area contributed by atoms with Crippen LogP contribution in [0.5, 0.6) is 0 Å². The van der Waals surface area contributed by atoms with Crippen molar-refractivity contribution in [2.24, 2.45) is 11.8 Å². The van der Waals surface area contributed by atoms with E-state index in [0.717, 1.165) is 17.7 Å². The van der Waals surface area contributed by atoms with Crippen LogP contribution in [0, 0.1) is 11.8 Å². The van der Waals surface area contributed by atoms with Crippen LogP contribution < -0.4 is 10.2 Å². The number of carbonyl (C=O) groups excluding carboxylic acids is 2. The van der Waals surface area contributed by atoms with Crippen molar-refractivity contribution >= 4 is 29.1 Å². The number of para-hydroxylation sites is 1. The Labute approximate surface area is 152 Å². The van der Waals surface area contributed by atoms with E-state index in [1.807, 2.05) is 54.6 Å². The van der Waals surface area contributed by atoms with Crippen molar-refractivity contribution in [1.82, 2.24) is 5.32 Å². The predicted molar refractivity (Wildman–Crippen MR) is 99.6 cm³/mol. The molecule has 1 saturated carbocycles. The number of nitrogens with one attached hydrogen (secondary N) is 1. The molecule has 0 aliphatic heterocycles. The minimum absolute atomic E-state index is 0.00375. The van der Waals surface area contributed by atoms with Gasteiger partial charge in [0.05, 0.1) is 11.8 Å². The maximum Gasteiger partial charge on any atom is 0.230 e. The van der Waals surface area contributed by atoms with E-state index < -0.39 is 0 Å². The smallest absolute Gasteiger partial charge is 0.230 e. The molecule has 3 rings (SSSR count). The Balaban J connectivity index is 1.45. The molecule has 2 atom stereocenters. The number of halogens is 1. The number of nitrogens with zero attached hydrogens (tertiary/aromatic N) is 1. The van der Waals surface area contributed by atoms with Gasteiger partial charge in [-0.1, -0.05) is 41.9 Å². The van der Waals surface area contributed by atoms with Crippen LogP contribution in [-0.2, 0) is 16.0 Å². The second-order valence-electron chi connectivity index (χ2n) is 6.35. The first-order valence-electron chi connectivity index (χ1n) is 8.41. The Morgan fingerprint density at radius 2 is 1.76 bits per heavy atom. The van der Waals surface area contributed by atoms with E-state index in [1.54, 1.807) is 11.9 Å². The first-order valence-corrected chi connectivity index (χ1v) is 8.79. The van der Waals surface area contributed by atoms with Crippen LogP contribution in [0.25, 0.3) is 0 Å². The molecule has 1 aliphatic carbocycles. The second kappa shape index (κ2) is 7.70. The maximum absolute atomic E-state index is 12.5. The number of anilines is 1. The fourth-order valence-electron chi connectivity index (χ4n) is 2.90. The fraction of sp³-hybridized carbons (Fsp3) is 0.300. The topological polar surface area (TPSA) is 49.4 Å². The monoisotopic (exact) mass is 356 g/mol. The summed E-state index contributed by atoms with van der Waals surface area (Å²) in [6, 6.07) is 17.1. The Morgan fingerprint density at radius 3 is 2.44 bits per heavy atom. The Kier molecular flexibility index (Phi) is 5.39. The highest BCUT2D eigenvalue weighted by molar-refractivity contribution is 6.30. The average molecular weight is 357 g/mol. The SMILES string of the molecule is CN(C(=O)C1CC1C(=O)NCCc1ccc(Cl)cc1)c1ccccc1. The zero-order chi connectivity index (χ0) is 17.8. The van der Waals surface area contributed by atoms with Gasteiger partial charge in [0.1, 0.15) is 0 Å². The molecule has 0 radical (unpaired) electrons. The summed E-state index contributed by atoms with van der Waals surface area (Å²) in [5, 5.41) is 3.63. The molecule has 1 aliphatic rings. The van der Waals surface area contributed by atoms with Crippen molar-refractivity contribution in [2.45, 2.75) is 12.8 Å². The molecule has 2 unspecified atom stereocenters. The number of hydrogen-bond donors (Lipinski definition) is 1.